The van der Waals surface area contributed by atoms with Crippen molar-refractivity contribution in [3.63, 3.8) is 0 Å². The number of ether oxygens (including phenoxy) is 1. The van der Waals surface area contributed by atoms with Crippen molar-refractivity contribution in [1.82, 2.24) is 15.1 Å². The zero-order valence-corrected chi connectivity index (χ0v) is 15.9. The molecule has 1 aromatic carbocycles. The van der Waals surface area contributed by atoms with Crippen LogP contribution in [0, 0.1) is 0 Å². The smallest absolute Gasteiger partial charge is 0.410 e. The Bertz CT molecular complexity index is 1030. The van der Waals surface area contributed by atoms with Crippen LogP contribution in [-0.4, -0.2) is 29.0 Å². The van der Waals surface area contributed by atoms with E-state index in [9.17, 15) is 18.0 Å². The average Bonchev–Trinajstić information content (AvgIpc) is 3.40. The van der Waals surface area contributed by atoms with Crippen molar-refractivity contribution in [2.45, 2.75) is 31.2 Å². The van der Waals surface area contributed by atoms with E-state index in [1.54, 1.807) is 36.4 Å². The summed E-state index contributed by atoms with van der Waals surface area (Å²) in [6.07, 6.45) is -2.18. The van der Waals surface area contributed by atoms with Gasteiger partial charge in [-0.25, -0.2) is 4.68 Å². The van der Waals surface area contributed by atoms with Crippen molar-refractivity contribution in [3.8, 4) is 5.75 Å². The van der Waals surface area contributed by atoms with Gasteiger partial charge in [-0.05, 0) is 29.8 Å². The number of hydrogen-bond donors (Lipinski definition) is 2. The topological polar surface area (TPSA) is 81.3 Å². The number of methoxy groups -OCH3 is 1. The number of furan rings is 1. The van der Waals surface area contributed by atoms with Crippen molar-refractivity contribution in [3.05, 3.63) is 65.7 Å². The number of hydrogen-bond acceptors (Lipinski definition) is 5. The maximum Gasteiger partial charge on any atom is 0.410 e. The van der Waals surface area contributed by atoms with Gasteiger partial charge in [0, 0.05) is 6.42 Å². The molecule has 3 aromatic rings. The molecule has 158 valence electrons. The number of anilines is 1. The van der Waals surface area contributed by atoms with Crippen LogP contribution in [0.2, 0.25) is 0 Å². The minimum absolute atomic E-state index is 0.0216. The highest BCUT2D eigenvalue weighted by Crippen LogP contribution is 2.44. The second kappa shape index (κ2) is 7.77. The second-order valence-corrected chi connectivity index (χ2v) is 6.88. The van der Waals surface area contributed by atoms with Crippen LogP contribution in [0.4, 0.5) is 19.0 Å². The number of amides is 1. The molecule has 0 bridgehead atoms. The van der Waals surface area contributed by atoms with E-state index in [4.69, 9.17) is 9.15 Å². The van der Waals surface area contributed by atoms with E-state index in [1.165, 1.54) is 13.4 Å². The Morgan fingerprint density at radius 3 is 2.90 bits per heavy atom. The number of carbonyl (C=O) groups excluding carboxylic acids is 1. The number of benzene rings is 1. The van der Waals surface area contributed by atoms with E-state index in [0.29, 0.717) is 17.1 Å². The third kappa shape index (κ3) is 3.85. The summed E-state index contributed by atoms with van der Waals surface area (Å²) in [6, 6.07) is 7.64. The lowest BCUT2D eigenvalue weighted by Gasteiger charge is -2.34. The van der Waals surface area contributed by atoms with E-state index in [1.807, 2.05) is 0 Å². The van der Waals surface area contributed by atoms with Gasteiger partial charge < -0.3 is 19.8 Å². The molecular formula is C20H19F3N4O3. The summed E-state index contributed by atoms with van der Waals surface area (Å²) in [5, 5.41) is 9.54. The van der Waals surface area contributed by atoms with E-state index in [-0.39, 0.29) is 24.3 Å². The van der Waals surface area contributed by atoms with Gasteiger partial charge in [0.25, 0.3) is 5.91 Å². The number of alkyl halides is 3. The second-order valence-electron chi connectivity index (χ2n) is 6.88. The number of fused-ring (bicyclic) bond motifs is 1. The summed E-state index contributed by atoms with van der Waals surface area (Å²) < 4.78 is 52.5. The summed E-state index contributed by atoms with van der Waals surface area (Å²) in [4.78, 5) is 12.6. The highest BCUT2D eigenvalue weighted by Gasteiger charge is 2.47. The Balaban J connectivity index is 1.65. The summed E-state index contributed by atoms with van der Waals surface area (Å²) in [5.41, 5.74) is 0.654. The van der Waals surface area contributed by atoms with E-state index < -0.39 is 24.2 Å². The Hall–Kier alpha value is -3.43. The Kier molecular flexibility index (Phi) is 5.15. The first kappa shape index (κ1) is 19.9. The molecule has 2 N–H and O–H groups in total. The molecule has 0 aliphatic carbocycles. The van der Waals surface area contributed by atoms with Gasteiger partial charge >= 0.3 is 6.18 Å². The molecule has 10 heteroatoms. The van der Waals surface area contributed by atoms with Crippen molar-refractivity contribution in [2.75, 3.05) is 12.4 Å². The molecule has 30 heavy (non-hydrogen) atoms. The number of carbonyl (C=O) groups is 1. The van der Waals surface area contributed by atoms with Crippen LogP contribution in [0.3, 0.4) is 0 Å². The molecule has 1 amide bonds. The van der Waals surface area contributed by atoms with Gasteiger partial charge in [-0.1, -0.05) is 12.1 Å². The van der Waals surface area contributed by atoms with Crippen molar-refractivity contribution >= 4 is 11.7 Å². The van der Waals surface area contributed by atoms with E-state index >= 15 is 0 Å². The van der Waals surface area contributed by atoms with Gasteiger partial charge in [-0.2, -0.15) is 18.3 Å². The lowest BCUT2D eigenvalue weighted by Crippen LogP contribution is -2.36. The monoisotopic (exact) mass is 420 g/mol. The quantitative estimate of drug-likeness (QED) is 0.650. The molecule has 0 spiro atoms. The van der Waals surface area contributed by atoms with E-state index in [0.717, 1.165) is 10.9 Å². The van der Waals surface area contributed by atoms with Crippen LogP contribution in [0.1, 0.15) is 40.2 Å². The highest BCUT2D eigenvalue weighted by molar-refractivity contribution is 5.98. The summed E-state index contributed by atoms with van der Waals surface area (Å²) in [7, 11) is 1.49. The Morgan fingerprint density at radius 2 is 2.20 bits per heavy atom. The molecule has 0 unspecified atom stereocenters. The fourth-order valence-corrected chi connectivity index (χ4v) is 3.48. The predicted octanol–water partition coefficient (Wildman–Crippen LogP) is 4.08. The first-order valence-electron chi connectivity index (χ1n) is 9.22. The maximum atomic E-state index is 13.8. The first-order chi connectivity index (χ1) is 14.4. The van der Waals surface area contributed by atoms with Crippen LogP contribution in [0.25, 0.3) is 0 Å². The number of nitrogens with zero attached hydrogens (tertiary/aromatic N) is 2. The van der Waals surface area contributed by atoms with Gasteiger partial charge in [-0.15, -0.1) is 0 Å². The number of halogens is 3. The molecular weight excluding hydrogens is 401 g/mol. The van der Waals surface area contributed by atoms with Crippen LogP contribution in [0.15, 0.2) is 53.3 Å². The molecule has 0 fully saturated rings. The summed E-state index contributed by atoms with van der Waals surface area (Å²) in [6.45, 7) is 0.110. The third-order valence-electron chi connectivity index (χ3n) is 4.98. The summed E-state index contributed by atoms with van der Waals surface area (Å²) in [5.74, 6) is 0.536. The number of rotatable bonds is 5. The molecule has 0 saturated carbocycles. The van der Waals surface area contributed by atoms with Gasteiger partial charge in [-0.3, -0.25) is 4.79 Å². The SMILES string of the molecule is COc1cccc([C@H]2C[C@H](C(F)(F)F)n3ncc(C(=O)NCc4ccco4)c3N2)c1. The zero-order chi connectivity index (χ0) is 21.3. The van der Waals surface area contributed by atoms with E-state index in [2.05, 4.69) is 15.7 Å². The third-order valence-corrected chi connectivity index (χ3v) is 4.98. The van der Waals surface area contributed by atoms with Crippen molar-refractivity contribution in [1.29, 1.82) is 0 Å². The minimum atomic E-state index is -4.53. The van der Waals surface area contributed by atoms with Gasteiger partial charge in [0.15, 0.2) is 6.04 Å². The molecule has 0 saturated heterocycles. The van der Waals surface area contributed by atoms with Crippen LogP contribution in [0.5, 0.6) is 5.75 Å². The van der Waals surface area contributed by atoms with Gasteiger partial charge in [0.2, 0.25) is 0 Å². The molecule has 4 rings (SSSR count). The molecule has 2 atom stereocenters. The zero-order valence-electron chi connectivity index (χ0n) is 15.9. The van der Waals surface area contributed by atoms with Gasteiger partial charge in [0.1, 0.15) is 22.9 Å². The standard InChI is InChI=1S/C20H19F3N4O3/c1-29-13-5-2-4-12(8-13)16-9-17(20(21,22)23)27-18(26-16)15(11-25-27)19(28)24-10-14-6-3-7-30-14/h2-8,11,16-17,26H,9-10H2,1H3,(H,24,28)/t16-,17-/m1/s1. The van der Waals surface area contributed by atoms with Crippen molar-refractivity contribution < 1.29 is 27.1 Å². The minimum Gasteiger partial charge on any atom is -0.497 e. The molecule has 1 aliphatic heterocycles. The highest BCUT2D eigenvalue weighted by atomic mass is 19.4. The maximum absolute atomic E-state index is 13.8. The number of aromatic nitrogens is 2. The van der Waals surface area contributed by atoms with Crippen LogP contribution in [-0.2, 0) is 6.54 Å². The number of nitrogens with one attached hydrogen (secondary N) is 2. The molecule has 7 nitrogen and oxygen atoms in total. The first-order valence-corrected chi connectivity index (χ1v) is 9.22. The molecule has 3 heterocycles. The average molecular weight is 420 g/mol. The van der Waals surface area contributed by atoms with Crippen LogP contribution >= 0.6 is 0 Å². The lowest BCUT2D eigenvalue weighted by molar-refractivity contribution is -0.173. The van der Waals surface area contributed by atoms with Crippen LogP contribution < -0.4 is 15.4 Å². The van der Waals surface area contributed by atoms with Gasteiger partial charge in [0.05, 0.1) is 32.2 Å². The fourth-order valence-electron chi connectivity index (χ4n) is 3.48. The Morgan fingerprint density at radius 1 is 1.37 bits per heavy atom. The lowest BCUT2D eigenvalue weighted by atomic mass is 9.96. The molecule has 1 aliphatic rings. The summed E-state index contributed by atoms with van der Waals surface area (Å²) >= 11 is 0. The normalized spacial score (nSPS) is 18.4. The molecule has 2 aromatic heterocycles. The molecule has 0 radical (unpaired) electrons. The largest absolute Gasteiger partial charge is 0.497 e. The van der Waals surface area contributed by atoms with Crippen molar-refractivity contribution in [2.24, 2.45) is 0 Å². The Labute approximate surface area is 169 Å². The fraction of sp³-hybridized carbons (Fsp3) is 0.300. The predicted molar refractivity (Wildman–Crippen MR) is 101 cm³/mol.